The summed E-state index contributed by atoms with van der Waals surface area (Å²) in [7, 11) is 0. The van der Waals surface area contributed by atoms with Crippen molar-refractivity contribution in [3.8, 4) is 0 Å². The Bertz CT molecular complexity index is 97.1. The van der Waals surface area contributed by atoms with Crippen molar-refractivity contribution in [1.29, 1.82) is 0 Å². The van der Waals surface area contributed by atoms with Gasteiger partial charge in [0.2, 0.25) is 0 Å². The quantitative estimate of drug-likeness (QED) is 0.550. The van der Waals surface area contributed by atoms with Crippen LogP contribution in [0.3, 0.4) is 0 Å². The van der Waals surface area contributed by atoms with E-state index in [2.05, 4.69) is 27.8 Å². The van der Waals surface area contributed by atoms with Crippen molar-refractivity contribution in [2.75, 3.05) is 0 Å². The topological polar surface area (TPSA) is 83.8 Å². The van der Waals surface area contributed by atoms with E-state index in [0.29, 0.717) is 0 Å². The van der Waals surface area contributed by atoms with Gasteiger partial charge in [-0.05, 0) is 0 Å². The number of hydrogen-bond acceptors (Lipinski definition) is 3. The molecule has 0 saturated carbocycles. The van der Waals surface area contributed by atoms with Crippen molar-refractivity contribution in [3.05, 3.63) is 0 Å². The molecule has 0 bridgehead atoms. The Hall–Kier alpha value is -0.680. The van der Waals surface area contributed by atoms with E-state index in [-0.39, 0.29) is 0 Å². The van der Waals surface area contributed by atoms with Gasteiger partial charge in [0.05, 0.1) is 0 Å². The molecule has 0 spiro atoms. The van der Waals surface area contributed by atoms with Crippen LogP contribution in [-0.4, -0.2) is 21.8 Å². The molecule has 5 nitrogen and oxygen atoms in total. The molecule has 0 aromatic heterocycles. The summed E-state index contributed by atoms with van der Waals surface area (Å²) in [6, 6.07) is 0. The van der Waals surface area contributed by atoms with Crippen molar-refractivity contribution in [2.45, 2.75) is 0 Å². The van der Waals surface area contributed by atoms with E-state index < -0.39 is 11.6 Å². The lowest BCUT2D eigenvalue weighted by atomic mass is 11.5. The number of rotatable bonds is 0. The maximum absolute atomic E-state index is 9.22. The van der Waals surface area contributed by atoms with Gasteiger partial charge in [-0.2, -0.15) is 0 Å². The largest absolute Gasteiger partial charge is 0.503 e. The molecule has 0 rings (SSSR count). The van der Waals surface area contributed by atoms with Gasteiger partial charge in [0.15, 0.2) is 0 Å². The van der Waals surface area contributed by atoms with Gasteiger partial charge in [-0.15, -0.1) is 0 Å². The summed E-state index contributed by atoms with van der Waals surface area (Å²) < 4.78 is 3.35. The van der Waals surface area contributed by atoms with Crippen molar-refractivity contribution in [2.24, 2.45) is 0 Å². The summed E-state index contributed by atoms with van der Waals surface area (Å²) in [5, 5.41) is 13.9. The summed E-state index contributed by atoms with van der Waals surface area (Å²) in [6.45, 7) is 0. The highest BCUT2D eigenvalue weighted by Gasteiger charge is 1.84. The first-order chi connectivity index (χ1) is 4.00. The molecule has 0 unspecified atom stereocenters. The first-order valence-electron chi connectivity index (χ1n) is 1.40. The molecule has 0 aliphatic heterocycles. The molecule has 54 valence electrons. The lowest BCUT2D eigenvalue weighted by Crippen LogP contribution is -1.81. The number of halogens is 2. The number of carbonyl (C=O) groups is 2. The number of carboxylic acid groups (broad SMARTS) is 2. The van der Waals surface area contributed by atoms with Gasteiger partial charge in [-0.25, -0.2) is 9.59 Å². The van der Waals surface area contributed by atoms with Crippen LogP contribution < -0.4 is 0 Å². The zero-order valence-electron chi connectivity index (χ0n) is 3.88. The van der Waals surface area contributed by atoms with Crippen LogP contribution in [0.15, 0.2) is 0 Å². The zero-order chi connectivity index (χ0) is 7.86. The average Bonchev–Trinajstić information content (AvgIpc) is 1.65. The fourth-order valence-corrected chi connectivity index (χ4v) is 0. The van der Waals surface area contributed by atoms with Crippen molar-refractivity contribution < 1.29 is 24.1 Å². The Balaban J connectivity index is 0. The highest BCUT2D eigenvalue weighted by atomic mass is 35.5. The van der Waals surface area contributed by atoms with Crippen LogP contribution in [0.2, 0.25) is 0 Å². The molecule has 0 atom stereocenters. The first-order valence-corrected chi connectivity index (χ1v) is 2.09. The third kappa shape index (κ3) is 119. The van der Waals surface area contributed by atoms with Gasteiger partial charge in [0.25, 0.3) is 0 Å². The minimum atomic E-state index is -1.83. The number of hydrogen-bond donors (Lipinski definition) is 2. The molecular formula is C2H2Cl2O5. The van der Waals surface area contributed by atoms with E-state index >= 15 is 0 Å². The average molecular weight is 177 g/mol. The summed E-state index contributed by atoms with van der Waals surface area (Å²) in [6.07, 6.45) is -1.83. The Morgan fingerprint density at radius 2 is 1.44 bits per heavy atom. The van der Waals surface area contributed by atoms with E-state index in [1.807, 2.05) is 0 Å². The monoisotopic (exact) mass is 176 g/mol. The maximum atomic E-state index is 9.22. The SMILES string of the molecule is O=C(Cl)OCl.O=C(O)O. The normalized spacial score (nSPS) is 6.44. The van der Waals surface area contributed by atoms with Crippen LogP contribution >= 0.6 is 23.5 Å². The fraction of sp³-hybridized carbons (Fsp3) is 0. The fourth-order valence-electron chi connectivity index (χ4n) is 0. The van der Waals surface area contributed by atoms with E-state index in [1.165, 1.54) is 0 Å². The first kappa shape index (κ1) is 11.2. The summed E-state index contributed by atoms with van der Waals surface area (Å²) in [4.78, 5) is 17.8. The summed E-state index contributed by atoms with van der Waals surface area (Å²) in [5.74, 6) is 0. The van der Waals surface area contributed by atoms with Gasteiger partial charge in [0, 0.05) is 11.6 Å². The van der Waals surface area contributed by atoms with Gasteiger partial charge in [-0.1, -0.05) is 0 Å². The van der Waals surface area contributed by atoms with E-state index in [0.717, 1.165) is 0 Å². The highest BCUT2D eigenvalue weighted by Crippen LogP contribution is 1.87. The molecule has 0 amide bonds. The molecular weight excluding hydrogens is 175 g/mol. The van der Waals surface area contributed by atoms with Crippen LogP contribution in [0.25, 0.3) is 0 Å². The van der Waals surface area contributed by atoms with Crippen LogP contribution in [0.4, 0.5) is 9.59 Å². The Morgan fingerprint density at radius 1 is 1.33 bits per heavy atom. The predicted octanol–water partition coefficient (Wildman–Crippen LogP) is 1.74. The summed E-state index contributed by atoms with van der Waals surface area (Å²) in [5.41, 5.74) is -1.01. The van der Waals surface area contributed by atoms with E-state index in [9.17, 15) is 4.79 Å². The highest BCUT2D eigenvalue weighted by molar-refractivity contribution is 6.62. The van der Waals surface area contributed by atoms with Crippen LogP contribution in [0, 0.1) is 0 Å². The van der Waals surface area contributed by atoms with Crippen LogP contribution in [-0.2, 0) is 4.29 Å². The van der Waals surface area contributed by atoms with Crippen LogP contribution in [0.1, 0.15) is 0 Å². The Labute approximate surface area is 59.9 Å². The second kappa shape index (κ2) is 7.32. The molecule has 0 aliphatic rings. The van der Waals surface area contributed by atoms with Crippen molar-refractivity contribution in [1.82, 2.24) is 0 Å². The molecule has 0 aromatic carbocycles. The smallest absolute Gasteiger partial charge is 0.450 e. The van der Waals surface area contributed by atoms with Gasteiger partial charge >= 0.3 is 11.6 Å². The minimum absolute atomic E-state index is 1.01. The van der Waals surface area contributed by atoms with Gasteiger partial charge < -0.3 is 14.5 Å². The third-order valence-electron chi connectivity index (χ3n) is 0.0607. The Kier molecular flexibility index (Phi) is 9.08. The molecule has 0 radical (unpaired) electrons. The lowest BCUT2D eigenvalue weighted by Gasteiger charge is -1.71. The molecule has 0 saturated heterocycles. The van der Waals surface area contributed by atoms with Gasteiger partial charge in [-0.3, -0.25) is 0 Å². The maximum Gasteiger partial charge on any atom is 0.503 e. The molecule has 0 fully saturated rings. The van der Waals surface area contributed by atoms with Crippen LogP contribution in [0.5, 0.6) is 0 Å². The summed E-state index contributed by atoms with van der Waals surface area (Å²) >= 11 is 8.82. The third-order valence-corrected chi connectivity index (χ3v) is 0.357. The predicted molar refractivity (Wildman–Crippen MR) is 28.8 cm³/mol. The van der Waals surface area contributed by atoms with Crippen molar-refractivity contribution in [3.63, 3.8) is 0 Å². The second-order valence-electron chi connectivity index (χ2n) is 0.597. The molecule has 9 heavy (non-hydrogen) atoms. The van der Waals surface area contributed by atoms with Crippen molar-refractivity contribution >= 4 is 35.1 Å². The van der Waals surface area contributed by atoms with Gasteiger partial charge in [0.1, 0.15) is 11.9 Å². The number of carbonyl (C=O) groups excluding carboxylic acids is 1. The molecule has 0 aromatic rings. The second-order valence-corrected chi connectivity index (χ2v) is 1.06. The minimum Gasteiger partial charge on any atom is -0.450 e. The van der Waals surface area contributed by atoms with E-state index in [4.69, 9.17) is 15.0 Å². The van der Waals surface area contributed by atoms with E-state index in [1.54, 1.807) is 0 Å². The Morgan fingerprint density at radius 3 is 1.44 bits per heavy atom. The zero-order valence-corrected chi connectivity index (χ0v) is 5.39. The standard InChI is InChI=1S/CCl2O2.CH2O3/c2-1(4)5-3;2-1(3)4/h;(H2,2,3,4). The molecule has 7 heteroatoms. The molecule has 0 aliphatic carbocycles. The lowest BCUT2D eigenvalue weighted by molar-refractivity contribution is 0.137. The molecule has 2 N–H and O–H groups in total. The molecule has 0 heterocycles.